The Labute approximate surface area is 134 Å². The van der Waals surface area contributed by atoms with Gasteiger partial charge in [-0.05, 0) is 36.6 Å². The highest BCUT2D eigenvalue weighted by atomic mass is 35.5. The van der Waals surface area contributed by atoms with E-state index in [1.54, 1.807) is 24.3 Å². The van der Waals surface area contributed by atoms with Gasteiger partial charge in [0.2, 0.25) is 0 Å². The molecule has 0 spiro atoms. The number of carbonyl (C=O) groups excluding carboxylic acids is 1. The molecule has 0 unspecified atom stereocenters. The van der Waals surface area contributed by atoms with Gasteiger partial charge in [0.25, 0.3) is 0 Å². The summed E-state index contributed by atoms with van der Waals surface area (Å²) in [5.74, 6) is -1.10. The van der Waals surface area contributed by atoms with Crippen molar-refractivity contribution in [1.82, 2.24) is 0 Å². The van der Waals surface area contributed by atoms with Crippen LogP contribution in [0.2, 0.25) is 5.02 Å². The van der Waals surface area contributed by atoms with Crippen LogP contribution in [0.5, 0.6) is 0 Å². The lowest BCUT2D eigenvalue weighted by molar-refractivity contribution is 0.0747. The summed E-state index contributed by atoms with van der Waals surface area (Å²) >= 11 is 6.00. The highest BCUT2D eigenvalue weighted by Crippen LogP contribution is 2.17. The van der Waals surface area contributed by atoms with E-state index in [-0.39, 0.29) is 11.3 Å². The van der Waals surface area contributed by atoms with Gasteiger partial charge in [0.15, 0.2) is 0 Å². The molecule has 0 bridgehead atoms. The third-order valence-corrected chi connectivity index (χ3v) is 4.57. The topological polar surface area (TPSA) is 60.4 Å². The maximum Gasteiger partial charge on any atom is 0.353 e. The van der Waals surface area contributed by atoms with E-state index in [0.717, 1.165) is 5.56 Å². The average molecular weight is 339 g/mol. The number of aryl methyl sites for hydroxylation is 1. The van der Waals surface area contributed by atoms with Crippen LogP contribution < -0.4 is 0 Å². The predicted octanol–water partition coefficient (Wildman–Crippen LogP) is 3.46. The van der Waals surface area contributed by atoms with E-state index in [0.29, 0.717) is 17.9 Å². The van der Waals surface area contributed by atoms with Gasteiger partial charge in [0.05, 0.1) is 11.3 Å². The van der Waals surface area contributed by atoms with Gasteiger partial charge in [0.1, 0.15) is 0 Å². The quantitative estimate of drug-likeness (QED) is 0.757. The first kappa shape index (κ1) is 16.5. The molecule has 0 fully saturated rings. The summed E-state index contributed by atoms with van der Waals surface area (Å²) in [5, 5.41) is 0.598. The van der Waals surface area contributed by atoms with E-state index in [1.165, 1.54) is 12.1 Å². The van der Waals surface area contributed by atoms with Gasteiger partial charge in [-0.25, -0.2) is 4.79 Å². The van der Waals surface area contributed by atoms with Crippen LogP contribution in [0.4, 0.5) is 0 Å². The predicted molar refractivity (Wildman–Crippen MR) is 85.4 cm³/mol. The maximum absolute atomic E-state index is 11.8. The molecule has 2 rings (SSSR count). The molecule has 4 nitrogen and oxygen atoms in total. The second-order valence-corrected chi connectivity index (χ2v) is 6.79. The zero-order valence-electron chi connectivity index (χ0n) is 11.7. The van der Waals surface area contributed by atoms with Gasteiger partial charge < -0.3 is 4.18 Å². The molecule has 0 heterocycles. The van der Waals surface area contributed by atoms with Gasteiger partial charge in [-0.15, -0.1) is 0 Å². The van der Waals surface area contributed by atoms with Gasteiger partial charge >= 0.3 is 16.1 Å². The minimum Gasteiger partial charge on any atom is -0.341 e. The number of hydrogen-bond acceptors (Lipinski definition) is 4. The van der Waals surface area contributed by atoms with Crippen LogP contribution >= 0.6 is 11.6 Å². The van der Waals surface area contributed by atoms with Crippen molar-refractivity contribution in [2.24, 2.45) is 0 Å². The van der Waals surface area contributed by atoms with Crippen LogP contribution in [-0.4, -0.2) is 20.1 Å². The van der Waals surface area contributed by atoms with Crippen LogP contribution in [0, 0.1) is 0 Å². The minimum atomic E-state index is -3.90. The molecule has 0 atom stereocenters. The lowest BCUT2D eigenvalue weighted by atomic mass is 10.1. The molecule has 0 aromatic heterocycles. The minimum absolute atomic E-state index is 0.206. The molecule has 2 aromatic rings. The van der Waals surface area contributed by atoms with Crippen LogP contribution in [0.1, 0.15) is 22.3 Å². The largest absolute Gasteiger partial charge is 0.353 e. The van der Waals surface area contributed by atoms with Crippen molar-refractivity contribution in [1.29, 1.82) is 0 Å². The van der Waals surface area contributed by atoms with Crippen molar-refractivity contribution in [2.45, 2.75) is 12.8 Å². The zero-order valence-corrected chi connectivity index (χ0v) is 13.3. The van der Waals surface area contributed by atoms with Gasteiger partial charge in [-0.3, -0.25) is 0 Å². The van der Waals surface area contributed by atoms with Crippen molar-refractivity contribution in [2.75, 3.05) is 5.75 Å². The van der Waals surface area contributed by atoms with Crippen LogP contribution in [0.25, 0.3) is 0 Å². The highest BCUT2D eigenvalue weighted by Gasteiger charge is 2.18. The maximum atomic E-state index is 11.8. The normalized spacial score (nSPS) is 11.1. The Morgan fingerprint density at radius 2 is 1.64 bits per heavy atom. The summed E-state index contributed by atoms with van der Waals surface area (Å²) in [6, 6.07) is 15.3. The fourth-order valence-electron chi connectivity index (χ4n) is 1.92. The monoisotopic (exact) mass is 338 g/mol. The van der Waals surface area contributed by atoms with Crippen LogP contribution in [0.15, 0.2) is 54.6 Å². The molecule has 22 heavy (non-hydrogen) atoms. The smallest absolute Gasteiger partial charge is 0.341 e. The lowest BCUT2D eigenvalue weighted by Gasteiger charge is -2.06. The van der Waals surface area contributed by atoms with E-state index in [9.17, 15) is 13.2 Å². The molecule has 0 amide bonds. The van der Waals surface area contributed by atoms with Crippen LogP contribution in [0.3, 0.4) is 0 Å². The fourth-order valence-corrected chi connectivity index (χ4v) is 3.06. The lowest BCUT2D eigenvalue weighted by Crippen LogP contribution is -2.16. The number of benzene rings is 2. The highest BCUT2D eigenvalue weighted by molar-refractivity contribution is 7.87. The first-order chi connectivity index (χ1) is 10.5. The summed E-state index contributed by atoms with van der Waals surface area (Å²) in [4.78, 5) is 11.7. The molecule has 6 heteroatoms. The summed E-state index contributed by atoms with van der Waals surface area (Å²) in [5.41, 5.74) is 1.07. The molecule has 2 aromatic carbocycles. The standard InChI is InChI=1S/C16H15ClO4S/c17-15-11-5-4-7-13(15)10-6-12-22(19,20)21-16(18)14-8-2-1-3-9-14/h1-5,7-9,11H,6,10,12H2. The summed E-state index contributed by atoms with van der Waals surface area (Å²) in [6.07, 6.45) is 0.829. The number of carbonyl (C=O) groups is 1. The van der Waals surface area contributed by atoms with Crippen LogP contribution in [-0.2, 0) is 20.7 Å². The molecular weight excluding hydrogens is 324 g/mol. The van der Waals surface area contributed by atoms with E-state index in [2.05, 4.69) is 4.18 Å². The van der Waals surface area contributed by atoms with Gasteiger partial charge in [-0.1, -0.05) is 48.0 Å². The Balaban J connectivity index is 1.89. The number of halogens is 1. The molecular formula is C16H15ClO4S. The summed E-state index contributed by atoms with van der Waals surface area (Å²) in [7, 11) is -3.90. The zero-order chi connectivity index (χ0) is 16.0. The molecule has 0 N–H and O–H groups in total. The first-order valence-corrected chi connectivity index (χ1v) is 8.68. The third kappa shape index (κ3) is 4.86. The molecule has 0 radical (unpaired) electrons. The van der Waals surface area contributed by atoms with E-state index >= 15 is 0 Å². The van der Waals surface area contributed by atoms with Gasteiger partial charge in [0, 0.05) is 5.02 Å². The van der Waals surface area contributed by atoms with E-state index in [1.807, 2.05) is 18.2 Å². The Hall–Kier alpha value is -1.85. The van der Waals surface area contributed by atoms with Gasteiger partial charge in [-0.2, -0.15) is 8.42 Å². The third-order valence-electron chi connectivity index (χ3n) is 3.01. The molecule has 116 valence electrons. The van der Waals surface area contributed by atoms with Crippen molar-refractivity contribution < 1.29 is 17.4 Å². The van der Waals surface area contributed by atoms with Crippen molar-refractivity contribution in [3.63, 3.8) is 0 Å². The SMILES string of the molecule is O=C(OS(=O)(=O)CCCc1ccccc1Cl)c1ccccc1. The average Bonchev–Trinajstić information content (AvgIpc) is 2.49. The molecule has 0 saturated heterocycles. The number of rotatable bonds is 6. The Bertz CT molecular complexity index is 742. The number of hydrogen-bond donors (Lipinski definition) is 0. The molecule has 0 aliphatic heterocycles. The van der Waals surface area contributed by atoms with Crippen molar-refractivity contribution in [3.8, 4) is 0 Å². The molecule has 0 saturated carbocycles. The van der Waals surface area contributed by atoms with Crippen molar-refractivity contribution >= 4 is 27.7 Å². The second kappa shape index (κ2) is 7.42. The van der Waals surface area contributed by atoms with E-state index in [4.69, 9.17) is 11.6 Å². The van der Waals surface area contributed by atoms with E-state index < -0.39 is 16.1 Å². The molecule has 0 aliphatic rings. The Morgan fingerprint density at radius 3 is 2.32 bits per heavy atom. The van der Waals surface area contributed by atoms with Crippen molar-refractivity contribution in [3.05, 3.63) is 70.7 Å². The first-order valence-electron chi connectivity index (χ1n) is 6.73. The molecule has 0 aliphatic carbocycles. The summed E-state index contributed by atoms with van der Waals surface area (Å²) < 4.78 is 28.2. The Kier molecular flexibility index (Phi) is 5.57. The second-order valence-electron chi connectivity index (χ2n) is 4.69. The fraction of sp³-hybridized carbons (Fsp3) is 0.188. The summed E-state index contributed by atoms with van der Waals surface area (Å²) in [6.45, 7) is 0. The Morgan fingerprint density at radius 1 is 1.00 bits per heavy atom.